The van der Waals surface area contributed by atoms with E-state index in [4.69, 9.17) is 11.2 Å². The van der Waals surface area contributed by atoms with Crippen LogP contribution in [0.3, 0.4) is 0 Å². The SMILES string of the molecule is C#Cc1ccccc1C(C(=O)NCC(=O)OC)N(CCCCCCC)C(=O)C(NC(=O)OC(C)(C)C)C(C)CC. The third-order valence-corrected chi connectivity index (χ3v) is 6.54. The second-order valence-electron chi connectivity index (χ2n) is 10.9. The van der Waals surface area contributed by atoms with Gasteiger partial charge in [-0.1, -0.05) is 77.0 Å². The number of carbonyl (C=O) groups is 4. The fourth-order valence-electron chi connectivity index (χ4n) is 4.19. The molecule has 40 heavy (non-hydrogen) atoms. The Hall–Kier alpha value is -3.54. The van der Waals surface area contributed by atoms with Gasteiger partial charge in [0.1, 0.15) is 24.2 Å². The largest absolute Gasteiger partial charge is 0.468 e. The number of benzene rings is 1. The van der Waals surface area contributed by atoms with Gasteiger partial charge in [0.15, 0.2) is 0 Å². The Morgan fingerprint density at radius 2 is 1.70 bits per heavy atom. The monoisotopic (exact) mass is 557 g/mol. The van der Waals surface area contributed by atoms with E-state index in [-0.39, 0.29) is 19.0 Å². The summed E-state index contributed by atoms with van der Waals surface area (Å²) in [5.74, 6) is 0.717. The lowest BCUT2D eigenvalue weighted by Crippen LogP contribution is -2.55. The average Bonchev–Trinajstić information content (AvgIpc) is 2.92. The van der Waals surface area contributed by atoms with Crippen molar-refractivity contribution in [3.63, 3.8) is 0 Å². The third kappa shape index (κ3) is 11.3. The molecule has 3 atom stereocenters. The summed E-state index contributed by atoms with van der Waals surface area (Å²) in [7, 11) is 1.23. The van der Waals surface area contributed by atoms with Crippen molar-refractivity contribution in [1.29, 1.82) is 0 Å². The normalized spacial score (nSPS) is 13.2. The number of alkyl carbamates (subject to hydrolysis) is 1. The van der Waals surface area contributed by atoms with Crippen LogP contribution in [0.5, 0.6) is 0 Å². The molecule has 222 valence electrons. The number of rotatable bonds is 15. The maximum atomic E-state index is 14.3. The second kappa shape index (κ2) is 17.2. The molecular formula is C31H47N3O6. The number of ether oxygens (including phenoxy) is 2. The summed E-state index contributed by atoms with van der Waals surface area (Å²) in [6, 6.07) is 4.81. The number of unbranched alkanes of at least 4 members (excludes halogenated alkanes) is 4. The first kappa shape index (κ1) is 34.5. The molecule has 0 saturated heterocycles. The molecule has 0 bridgehead atoms. The lowest BCUT2D eigenvalue weighted by Gasteiger charge is -2.36. The van der Waals surface area contributed by atoms with Gasteiger partial charge in [-0.25, -0.2) is 4.79 Å². The first-order valence-corrected chi connectivity index (χ1v) is 14.1. The highest BCUT2D eigenvalue weighted by Crippen LogP contribution is 2.28. The molecule has 0 aliphatic rings. The molecule has 0 spiro atoms. The van der Waals surface area contributed by atoms with E-state index in [9.17, 15) is 19.2 Å². The first-order chi connectivity index (χ1) is 18.9. The van der Waals surface area contributed by atoms with Crippen LogP contribution >= 0.6 is 0 Å². The van der Waals surface area contributed by atoms with Gasteiger partial charge in [-0.2, -0.15) is 0 Å². The van der Waals surface area contributed by atoms with Crippen LogP contribution in [0.1, 0.15) is 97.2 Å². The van der Waals surface area contributed by atoms with E-state index in [1.165, 1.54) is 12.0 Å². The summed E-state index contributed by atoms with van der Waals surface area (Å²) in [6.45, 7) is 11.0. The Bertz CT molecular complexity index is 1030. The minimum Gasteiger partial charge on any atom is -0.468 e. The number of terminal acetylenes is 1. The summed E-state index contributed by atoms with van der Waals surface area (Å²) in [5.41, 5.74) is 0.146. The van der Waals surface area contributed by atoms with Gasteiger partial charge in [-0.3, -0.25) is 14.4 Å². The van der Waals surface area contributed by atoms with E-state index >= 15 is 0 Å². The van der Waals surface area contributed by atoms with E-state index in [0.717, 1.165) is 25.7 Å². The summed E-state index contributed by atoms with van der Waals surface area (Å²) >= 11 is 0. The van der Waals surface area contributed by atoms with Crippen molar-refractivity contribution in [2.24, 2.45) is 5.92 Å². The van der Waals surface area contributed by atoms with E-state index in [2.05, 4.69) is 28.2 Å². The number of amides is 3. The van der Waals surface area contributed by atoms with Crippen molar-refractivity contribution < 1.29 is 28.7 Å². The molecule has 0 aliphatic heterocycles. The fourth-order valence-corrected chi connectivity index (χ4v) is 4.19. The molecule has 0 aliphatic carbocycles. The van der Waals surface area contributed by atoms with Crippen molar-refractivity contribution in [3.05, 3.63) is 35.4 Å². The Labute approximate surface area is 239 Å². The number of hydrogen-bond donors (Lipinski definition) is 2. The molecule has 9 heteroatoms. The van der Waals surface area contributed by atoms with Crippen LogP contribution in [0.15, 0.2) is 24.3 Å². The van der Waals surface area contributed by atoms with Crippen molar-refractivity contribution in [1.82, 2.24) is 15.5 Å². The van der Waals surface area contributed by atoms with Gasteiger partial charge in [-0.05, 0) is 44.7 Å². The Morgan fingerprint density at radius 3 is 2.27 bits per heavy atom. The van der Waals surface area contributed by atoms with Gasteiger partial charge >= 0.3 is 12.1 Å². The van der Waals surface area contributed by atoms with Crippen LogP contribution in [0.2, 0.25) is 0 Å². The zero-order chi connectivity index (χ0) is 30.3. The predicted molar refractivity (Wildman–Crippen MR) is 155 cm³/mol. The van der Waals surface area contributed by atoms with Crippen LogP contribution < -0.4 is 10.6 Å². The quantitative estimate of drug-likeness (QED) is 0.183. The molecule has 1 rings (SSSR count). The van der Waals surface area contributed by atoms with Crippen molar-refractivity contribution in [2.45, 2.75) is 97.8 Å². The molecule has 1 aromatic carbocycles. The number of nitrogens with zero attached hydrogens (tertiary/aromatic N) is 1. The highest BCUT2D eigenvalue weighted by atomic mass is 16.6. The van der Waals surface area contributed by atoms with E-state index in [0.29, 0.717) is 24.0 Å². The van der Waals surface area contributed by atoms with Crippen LogP contribution in [0.25, 0.3) is 0 Å². The van der Waals surface area contributed by atoms with E-state index < -0.39 is 41.6 Å². The van der Waals surface area contributed by atoms with Crippen LogP contribution in [0.4, 0.5) is 4.79 Å². The number of esters is 1. The molecule has 9 nitrogen and oxygen atoms in total. The Morgan fingerprint density at radius 1 is 1.05 bits per heavy atom. The van der Waals surface area contributed by atoms with Gasteiger partial charge in [0.25, 0.3) is 0 Å². The zero-order valence-electron chi connectivity index (χ0n) is 25.2. The number of methoxy groups -OCH3 is 1. The number of nitrogens with one attached hydrogen (secondary N) is 2. The smallest absolute Gasteiger partial charge is 0.408 e. The predicted octanol–water partition coefficient (Wildman–Crippen LogP) is 4.74. The molecule has 0 aromatic heterocycles. The summed E-state index contributed by atoms with van der Waals surface area (Å²) in [6.07, 6.45) is 10.3. The Balaban J connectivity index is 3.59. The van der Waals surface area contributed by atoms with Gasteiger partial charge in [0.2, 0.25) is 11.8 Å². The third-order valence-electron chi connectivity index (χ3n) is 6.54. The topological polar surface area (TPSA) is 114 Å². The van der Waals surface area contributed by atoms with Gasteiger partial charge in [-0.15, -0.1) is 6.42 Å². The lowest BCUT2D eigenvalue weighted by atomic mass is 9.94. The minimum absolute atomic E-state index is 0.251. The van der Waals surface area contributed by atoms with Gasteiger partial charge in [0, 0.05) is 12.1 Å². The highest BCUT2D eigenvalue weighted by molar-refractivity contribution is 5.93. The highest BCUT2D eigenvalue weighted by Gasteiger charge is 2.38. The minimum atomic E-state index is -1.14. The maximum Gasteiger partial charge on any atom is 0.408 e. The van der Waals surface area contributed by atoms with Crippen molar-refractivity contribution >= 4 is 23.9 Å². The molecule has 0 radical (unpaired) electrons. The molecular weight excluding hydrogens is 510 g/mol. The van der Waals surface area contributed by atoms with Gasteiger partial charge in [0.05, 0.1) is 7.11 Å². The molecule has 2 N–H and O–H groups in total. The molecule has 0 saturated carbocycles. The molecule has 3 unspecified atom stereocenters. The Kier molecular flexibility index (Phi) is 14.8. The number of carbonyl (C=O) groups excluding carboxylic acids is 4. The number of hydrogen-bond acceptors (Lipinski definition) is 6. The first-order valence-electron chi connectivity index (χ1n) is 14.1. The fraction of sp³-hybridized carbons (Fsp3) is 0.613. The standard InChI is InChI=1S/C31H47N3O6/c1-9-12-13-14-17-20-34(29(37)26(22(4)10-2)33-30(38)40-31(5,6)7)27(28(36)32-21-25(35)39-8)24-19-16-15-18-23(24)11-3/h3,15-16,18-19,22,26-27H,9-10,12-14,17,20-21H2,1-2,4-8H3,(H,32,36)(H,33,38). The zero-order valence-corrected chi connectivity index (χ0v) is 25.2. The summed E-state index contributed by atoms with van der Waals surface area (Å²) in [5, 5.41) is 5.35. The lowest BCUT2D eigenvalue weighted by molar-refractivity contribution is -0.145. The summed E-state index contributed by atoms with van der Waals surface area (Å²) < 4.78 is 10.1. The average molecular weight is 558 g/mol. The molecule has 0 fully saturated rings. The molecule has 3 amide bonds. The van der Waals surface area contributed by atoms with E-state index in [1.807, 2.05) is 13.8 Å². The maximum absolute atomic E-state index is 14.3. The summed E-state index contributed by atoms with van der Waals surface area (Å²) in [4.78, 5) is 54.1. The second-order valence-corrected chi connectivity index (χ2v) is 10.9. The van der Waals surface area contributed by atoms with Crippen molar-refractivity contribution in [3.8, 4) is 12.3 Å². The van der Waals surface area contributed by atoms with Crippen molar-refractivity contribution in [2.75, 3.05) is 20.2 Å². The van der Waals surface area contributed by atoms with Crippen LogP contribution in [-0.2, 0) is 23.9 Å². The molecule has 0 heterocycles. The van der Waals surface area contributed by atoms with Crippen LogP contribution in [-0.4, -0.2) is 60.6 Å². The molecule has 1 aromatic rings. The van der Waals surface area contributed by atoms with Gasteiger partial charge < -0.3 is 25.0 Å². The van der Waals surface area contributed by atoms with Crippen LogP contribution in [0, 0.1) is 18.3 Å². The van der Waals surface area contributed by atoms with E-state index in [1.54, 1.807) is 45.0 Å².